The van der Waals surface area contributed by atoms with Gasteiger partial charge in [0.25, 0.3) is 0 Å². The quantitative estimate of drug-likeness (QED) is 0.792. The summed E-state index contributed by atoms with van der Waals surface area (Å²) in [7, 11) is 1.80. The van der Waals surface area contributed by atoms with Gasteiger partial charge < -0.3 is 0 Å². The van der Waals surface area contributed by atoms with Crippen molar-refractivity contribution in [3.63, 3.8) is 0 Å². The lowest BCUT2D eigenvalue weighted by Gasteiger charge is -1.99. The molecule has 1 aromatic heterocycles. The molecule has 0 aliphatic rings. The van der Waals surface area contributed by atoms with Gasteiger partial charge in [-0.3, -0.25) is 9.48 Å². The van der Waals surface area contributed by atoms with Gasteiger partial charge in [-0.2, -0.15) is 5.10 Å². The van der Waals surface area contributed by atoms with Crippen molar-refractivity contribution in [1.82, 2.24) is 9.78 Å². The van der Waals surface area contributed by atoms with Gasteiger partial charge in [0.1, 0.15) is 10.3 Å². The third kappa shape index (κ3) is 1.80. The van der Waals surface area contributed by atoms with E-state index in [1.165, 1.54) is 0 Å². The standard InChI is InChI=1S/C12H11BrN2O/c1-8-4-3-5-9(6-8)11-10(7-16)12(13)15(2)14-11/h3-7H,1-2H3. The molecule has 2 rings (SSSR count). The minimum Gasteiger partial charge on any atom is -0.298 e. The molecule has 0 amide bonds. The first-order valence-electron chi connectivity index (χ1n) is 4.88. The fourth-order valence-electron chi connectivity index (χ4n) is 1.63. The molecule has 0 spiro atoms. The Hall–Kier alpha value is -1.42. The molecule has 0 saturated heterocycles. The number of halogens is 1. The van der Waals surface area contributed by atoms with Crippen LogP contribution in [0.25, 0.3) is 11.3 Å². The molecule has 0 atom stereocenters. The first-order chi connectivity index (χ1) is 7.63. The third-order valence-corrected chi connectivity index (χ3v) is 3.36. The number of carbonyl (C=O) groups excluding carboxylic acids is 1. The van der Waals surface area contributed by atoms with Crippen molar-refractivity contribution < 1.29 is 4.79 Å². The molecule has 0 fully saturated rings. The summed E-state index contributed by atoms with van der Waals surface area (Å²) in [4.78, 5) is 11.0. The summed E-state index contributed by atoms with van der Waals surface area (Å²) in [6.07, 6.45) is 0.828. The van der Waals surface area contributed by atoms with Crippen LogP contribution in [0.1, 0.15) is 15.9 Å². The Bertz CT molecular complexity index is 546. The number of hydrogen-bond acceptors (Lipinski definition) is 2. The zero-order valence-corrected chi connectivity index (χ0v) is 10.7. The molecule has 0 unspecified atom stereocenters. The highest BCUT2D eigenvalue weighted by Crippen LogP contribution is 2.27. The molecule has 0 aliphatic carbocycles. The number of benzene rings is 1. The summed E-state index contributed by atoms with van der Waals surface area (Å²) in [6, 6.07) is 7.94. The van der Waals surface area contributed by atoms with Gasteiger partial charge in [0, 0.05) is 12.6 Å². The highest BCUT2D eigenvalue weighted by molar-refractivity contribution is 9.10. The van der Waals surface area contributed by atoms with E-state index in [1.54, 1.807) is 11.7 Å². The van der Waals surface area contributed by atoms with Crippen LogP contribution in [0.15, 0.2) is 28.9 Å². The highest BCUT2D eigenvalue weighted by atomic mass is 79.9. The van der Waals surface area contributed by atoms with E-state index in [2.05, 4.69) is 21.0 Å². The summed E-state index contributed by atoms with van der Waals surface area (Å²) >= 11 is 3.35. The zero-order chi connectivity index (χ0) is 11.7. The van der Waals surface area contributed by atoms with Crippen molar-refractivity contribution in [2.24, 2.45) is 7.05 Å². The lowest BCUT2D eigenvalue weighted by molar-refractivity contribution is 0.112. The van der Waals surface area contributed by atoms with Gasteiger partial charge in [-0.05, 0) is 28.9 Å². The molecule has 0 radical (unpaired) electrons. The molecule has 1 aromatic carbocycles. The average Bonchev–Trinajstić information content (AvgIpc) is 2.55. The maximum absolute atomic E-state index is 11.0. The molecule has 3 nitrogen and oxygen atoms in total. The average molecular weight is 279 g/mol. The molecule has 2 aromatic rings. The Morgan fingerprint density at radius 2 is 2.19 bits per heavy atom. The number of aryl methyl sites for hydroxylation is 2. The first kappa shape index (κ1) is 11.1. The predicted octanol–water partition coefficient (Wildman–Crippen LogP) is 2.97. The second-order valence-electron chi connectivity index (χ2n) is 3.66. The number of rotatable bonds is 2. The van der Waals surface area contributed by atoms with Crippen molar-refractivity contribution in [3.8, 4) is 11.3 Å². The van der Waals surface area contributed by atoms with Crippen molar-refractivity contribution in [3.05, 3.63) is 40.0 Å². The summed E-state index contributed by atoms with van der Waals surface area (Å²) in [5.41, 5.74) is 3.42. The van der Waals surface area contributed by atoms with Crippen LogP contribution in [0, 0.1) is 6.92 Å². The van der Waals surface area contributed by atoms with Gasteiger partial charge in [0.2, 0.25) is 0 Å². The monoisotopic (exact) mass is 278 g/mol. The second-order valence-corrected chi connectivity index (χ2v) is 4.42. The van der Waals surface area contributed by atoms with Crippen molar-refractivity contribution >= 4 is 22.2 Å². The van der Waals surface area contributed by atoms with Crippen LogP contribution in [0.4, 0.5) is 0 Å². The molecule has 4 heteroatoms. The number of nitrogens with zero attached hydrogens (tertiary/aromatic N) is 2. The van der Waals surface area contributed by atoms with Crippen molar-refractivity contribution in [2.75, 3.05) is 0 Å². The zero-order valence-electron chi connectivity index (χ0n) is 9.07. The van der Waals surface area contributed by atoms with E-state index in [-0.39, 0.29) is 0 Å². The number of aldehydes is 1. The van der Waals surface area contributed by atoms with Crippen LogP contribution in [0.5, 0.6) is 0 Å². The van der Waals surface area contributed by atoms with Crippen LogP contribution in [0.2, 0.25) is 0 Å². The molecule has 0 bridgehead atoms. The molecule has 0 aliphatic heterocycles. The van der Waals surface area contributed by atoms with Gasteiger partial charge in [-0.15, -0.1) is 0 Å². The molecule has 82 valence electrons. The number of hydrogen-bond donors (Lipinski definition) is 0. The van der Waals surface area contributed by atoms with E-state index in [0.29, 0.717) is 15.9 Å². The van der Waals surface area contributed by atoms with Crippen LogP contribution >= 0.6 is 15.9 Å². The Morgan fingerprint density at radius 3 is 2.81 bits per heavy atom. The predicted molar refractivity (Wildman–Crippen MR) is 66.5 cm³/mol. The smallest absolute Gasteiger partial charge is 0.155 e. The van der Waals surface area contributed by atoms with Crippen molar-refractivity contribution in [1.29, 1.82) is 0 Å². The highest BCUT2D eigenvalue weighted by Gasteiger charge is 2.14. The summed E-state index contributed by atoms with van der Waals surface area (Å²) in [5.74, 6) is 0. The molecular weight excluding hydrogens is 268 g/mol. The van der Waals surface area contributed by atoms with E-state index < -0.39 is 0 Å². The Kier molecular flexibility index (Phi) is 2.92. The molecule has 0 saturated carbocycles. The first-order valence-corrected chi connectivity index (χ1v) is 5.67. The Labute approximate surface area is 102 Å². The topological polar surface area (TPSA) is 34.9 Å². The van der Waals surface area contributed by atoms with Crippen LogP contribution < -0.4 is 0 Å². The minimum absolute atomic E-state index is 0.591. The van der Waals surface area contributed by atoms with Gasteiger partial charge in [0.05, 0.1) is 5.56 Å². The fourth-order valence-corrected chi connectivity index (χ4v) is 1.99. The number of aromatic nitrogens is 2. The van der Waals surface area contributed by atoms with Gasteiger partial charge >= 0.3 is 0 Å². The normalized spacial score (nSPS) is 10.4. The van der Waals surface area contributed by atoms with Gasteiger partial charge in [-0.25, -0.2) is 0 Å². The lowest BCUT2D eigenvalue weighted by atomic mass is 10.1. The van der Waals surface area contributed by atoms with Crippen LogP contribution in [0.3, 0.4) is 0 Å². The largest absolute Gasteiger partial charge is 0.298 e. The second kappa shape index (κ2) is 4.22. The summed E-state index contributed by atoms with van der Waals surface area (Å²) < 4.78 is 2.36. The van der Waals surface area contributed by atoms with E-state index in [4.69, 9.17) is 0 Å². The fraction of sp³-hybridized carbons (Fsp3) is 0.167. The SMILES string of the molecule is Cc1cccc(-c2nn(C)c(Br)c2C=O)c1. The van der Waals surface area contributed by atoms with Crippen molar-refractivity contribution in [2.45, 2.75) is 6.92 Å². The van der Waals surface area contributed by atoms with E-state index in [9.17, 15) is 4.79 Å². The Morgan fingerprint density at radius 1 is 1.44 bits per heavy atom. The van der Waals surface area contributed by atoms with E-state index in [0.717, 1.165) is 17.4 Å². The minimum atomic E-state index is 0.591. The van der Waals surface area contributed by atoms with E-state index >= 15 is 0 Å². The van der Waals surface area contributed by atoms with E-state index in [1.807, 2.05) is 31.2 Å². The molecule has 1 heterocycles. The maximum atomic E-state index is 11.0. The summed E-state index contributed by atoms with van der Waals surface area (Å²) in [5, 5.41) is 4.33. The van der Waals surface area contributed by atoms with Crippen LogP contribution in [-0.2, 0) is 7.05 Å². The Balaban J connectivity index is 2.64. The third-order valence-electron chi connectivity index (χ3n) is 2.42. The lowest BCUT2D eigenvalue weighted by Crippen LogP contribution is -1.90. The summed E-state index contributed by atoms with van der Waals surface area (Å²) in [6.45, 7) is 2.02. The van der Waals surface area contributed by atoms with Crippen LogP contribution in [-0.4, -0.2) is 16.1 Å². The van der Waals surface area contributed by atoms with Gasteiger partial charge in [0.15, 0.2) is 6.29 Å². The molecular formula is C12H11BrN2O. The maximum Gasteiger partial charge on any atom is 0.155 e. The number of carbonyl (C=O) groups is 1. The van der Waals surface area contributed by atoms with Gasteiger partial charge in [-0.1, -0.05) is 23.8 Å². The molecule has 16 heavy (non-hydrogen) atoms. The molecule has 0 N–H and O–H groups in total.